The van der Waals surface area contributed by atoms with Gasteiger partial charge in [-0.3, -0.25) is 10.1 Å². The van der Waals surface area contributed by atoms with Crippen molar-refractivity contribution in [3.8, 4) is 0 Å². The van der Waals surface area contributed by atoms with Crippen LogP contribution in [0.15, 0.2) is 46.5 Å². The second-order valence-electron chi connectivity index (χ2n) is 3.63. The van der Waals surface area contributed by atoms with Crippen LogP contribution in [-0.2, 0) is 0 Å². The van der Waals surface area contributed by atoms with Crippen molar-refractivity contribution in [2.45, 2.75) is 9.92 Å². The Kier molecular flexibility index (Phi) is 4.21. The molecule has 102 valence electrons. The molecule has 0 fully saturated rings. The number of para-hydroxylation sites is 1. The molecule has 0 aliphatic heterocycles. The Morgan fingerprint density at radius 1 is 1.40 bits per heavy atom. The third kappa shape index (κ3) is 3.06. The van der Waals surface area contributed by atoms with E-state index in [9.17, 15) is 14.9 Å². The second kappa shape index (κ2) is 5.89. The third-order valence-electron chi connectivity index (χ3n) is 2.33. The second-order valence-corrected chi connectivity index (χ2v) is 5.10. The minimum absolute atomic E-state index is 0.0226. The Morgan fingerprint density at radius 2 is 2.15 bits per heavy atom. The third-order valence-corrected chi connectivity index (χ3v) is 3.62. The number of halogens is 1. The first kappa shape index (κ1) is 14.3. The molecule has 0 saturated carbocycles. The predicted octanol–water partition coefficient (Wildman–Crippen LogP) is 3.49. The van der Waals surface area contributed by atoms with Gasteiger partial charge in [-0.2, -0.15) is 0 Å². The lowest BCUT2D eigenvalue weighted by atomic mass is 10.3. The largest absolute Gasteiger partial charge is 0.478 e. The molecule has 0 atom stereocenters. The van der Waals surface area contributed by atoms with E-state index in [0.717, 1.165) is 11.8 Å². The Morgan fingerprint density at radius 3 is 2.80 bits per heavy atom. The normalized spacial score (nSPS) is 10.2. The molecule has 1 aromatic carbocycles. The average molecular weight is 311 g/mol. The van der Waals surface area contributed by atoms with E-state index in [1.165, 1.54) is 30.5 Å². The molecule has 0 aliphatic carbocycles. The van der Waals surface area contributed by atoms with Crippen LogP contribution in [0.5, 0.6) is 0 Å². The van der Waals surface area contributed by atoms with Gasteiger partial charge < -0.3 is 5.11 Å². The first-order chi connectivity index (χ1) is 9.49. The van der Waals surface area contributed by atoms with E-state index in [-0.39, 0.29) is 16.3 Å². The number of nitrogens with zero attached hydrogens (tertiary/aromatic N) is 2. The number of benzene rings is 1. The van der Waals surface area contributed by atoms with Crippen LogP contribution in [-0.4, -0.2) is 21.0 Å². The first-order valence-electron chi connectivity index (χ1n) is 5.29. The molecule has 0 amide bonds. The highest BCUT2D eigenvalue weighted by molar-refractivity contribution is 7.99. The zero-order valence-electron chi connectivity index (χ0n) is 9.82. The number of carboxylic acids is 1. The van der Waals surface area contributed by atoms with Gasteiger partial charge in [-0.05, 0) is 24.3 Å². The predicted molar refractivity (Wildman–Crippen MR) is 73.4 cm³/mol. The van der Waals surface area contributed by atoms with Gasteiger partial charge in [-0.1, -0.05) is 29.4 Å². The molecule has 1 aromatic heterocycles. The van der Waals surface area contributed by atoms with E-state index >= 15 is 0 Å². The molecule has 2 rings (SSSR count). The number of rotatable bonds is 4. The van der Waals surface area contributed by atoms with Gasteiger partial charge >= 0.3 is 11.7 Å². The van der Waals surface area contributed by atoms with E-state index < -0.39 is 10.9 Å². The van der Waals surface area contributed by atoms with Crippen LogP contribution in [0.2, 0.25) is 5.02 Å². The summed E-state index contributed by atoms with van der Waals surface area (Å²) in [7, 11) is 0. The fourth-order valence-corrected chi connectivity index (χ4v) is 2.72. The average Bonchev–Trinajstić information content (AvgIpc) is 2.38. The van der Waals surface area contributed by atoms with E-state index in [4.69, 9.17) is 16.7 Å². The maximum absolute atomic E-state index is 11.0. The van der Waals surface area contributed by atoms with Gasteiger partial charge in [0.1, 0.15) is 10.0 Å². The fourth-order valence-electron chi connectivity index (χ4n) is 1.47. The summed E-state index contributed by atoms with van der Waals surface area (Å²) < 4.78 is 0. The molecule has 0 aliphatic rings. The smallest absolute Gasteiger partial charge is 0.335 e. The van der Waals surface area contributed by atoms with E-state index in [0.29, 0.717) is 9.92 Å². The lowest BCUT2D eigenvalue weighted by Gasteiger charge is -2.04. The van der Waals surface area contributed by atoms with Gasteiger partial charge in [0.25, 0.3) is 0 Å². The Labute approximate surface area is 122 Å². The van der Waals surface area contributed by atoms with Gasteiger partial charge in [-0.25, -0.2) is 9.78 Å². The SMILES string of the molecule is O=C(O)c1ccnc(Sc2cccc(Cl)c2[N+](=O)[O-])c1. The number of nitro groups is 1. The highest BCUT2D eigenvalue weighted by atomic mass is 35.5. The van der Waals surface area contributed by atoms with Gasteiger partial charge in [0.15, 0.2) is 0 Å². The number of aromatic carboxylic acids is 1. The summed E-state index contributed by atoms with van der Waals surface area (Å²) in [5.74, 6) is -1.09. The summed E-state index contributed by atoms with van der Waals surface area (Å²) in [6.45, 7) is 0. The molecule has 0 saturated heterocycles. The van der Waals surface area contributed by atoms with Crippen molar-refractivity contribution >= 4 is 35.0 Å². The zero-order chi connectivity index (χ0) is 14.7. The van der Waals surface area contributed by atoms with Crippen molar-refractivity contribution in [3.63, 3.8) is 0 Å². The highest BCUT2D eigenvalue weighted by Crippen LogP contribution is 2.38. The van der Waals surface area contributed by atoms with Crippen LogP contribution in [0.4, 0.5) is 5.69 Å². The van der Waals surface area contributed by atoms with Crippen molar-refractivity contribution in [2.75, 3.05) is 0 Å². The van der Waals surface area contributed by atoms with Gasteiger partial charge in [0, 0.05) is 6.20 Å². The summed E-state index contributed by atoms with van der Waals surface area (Å²) in [5.41, 5.74) is -0.158. The van der Waals surface area contributed by atoms with E-state index in [1.807, 2.05) is 0 Å². The molecule has 0 radical (unpaired) electrons. The number of carbonyl (C=O) groups is 1. The van der Waals surface area contributed by atoms with Crippen LogP contribution >= 0.6 is 23.4 Å². The molecule has 1 heterocycles. The van der Waals surface area contributed by atoms with Gasteiger partial charge in [0.05, 0.1) is 15.4 Å². The van der Waals surface area contributed by atoms with Crippen molar-refractivity contribution in [2.24, 2.45) is 0 Å². The summed E-state index contributed by atoms with van der Waals surface area (Å²) in [6.07, 6.45) is 1.34. The molecule has 8 heteroatoms. The number of carboxylic acid groups (broad SMARTS) is 1. The Hall–Kier alpha value is -2.12. The molecule has 2 aromatic rings. The molecule has 0 bridgehead atoms. The maximum Gasteiger partial charge on any atom is 0.335 e. The van der Waals surface area contributed by atoms with E-state index in [1.54, 1.807) is 6.07 Å². The molecule has 0 spiro atoms. The summed E-state index contributed by atoms with van der Waals surface area (Å²) >= 11 is 6.79. The monoisotopic (exact) mass is 310 g/mol. The molecule has 1 N–H and O–H groups in total. The molecular formula is C12H7ClN2O4S. The van der Waals surface area contributed by atoms with Crippen LogP contribution in [0.3, 0.4) is 0 Å². The van der Waals surface area contributed by atoms with Gasteiger partial charge in [-0.15, -0.1) is 0 Å². The Balaban J connectivity index is 2.40. The number of hydrogen-bond acceptors (Lipinski definition) is 5. The lowest BCUT2D eigenvalue weighted by Crippen LogP contribution is -1.97. The summed E-state index contributed by atoms with van der Waals surface area (Å²) in [6, 6.07) is 7.23. The molecule has 0 unspecified atom stereocenters. The standard InChI is InChI=1S/C12H7ClN2O4S/c13-8-2-1-3-9(11(8)15(18)19)20-10-6-7(12(16)17)4-5-14-10/h1-6H,(H,16,17). The zero-order valence-corrected chi connectivity index (χ0v) is 11.4. The Bertz CT molecular complexity index is 693. The molecular weight excluding hydrogens is 304 g/mol. The lowest BCUT2D eigenvalue weighted by molar-refractivity contribution is -0.387. The number of aromatic nitrogens is 1. The number of nitro benzene ring substituents is 1. The molecule has 6 nitrogen and oxygen atoms in total. The van der Waals surface area contributed by atoms with Crippen molar-refractivity contribution in [3.05, 3.63) is 57.2 Å². The fraction of sp³-hybridized carbons (Fsp3) is 0. The first-order valence-corrected chi connectivity index (χ1v) is 6.48. The van der Waals surface area contributed by atoms with Crippen molar-refractivity contribution in [1.29, 1.82) is 0 Å². The highest BCUT2D eigenvalue weighted by Gasteiger charge is 2.19. The maximum atomic E-state index is 11.0. The van der Waals surface area contributed by atoms with Crippen LogP contribution in [0, 0.1) is 10.1 Å². The van der Waals surface area contributed by atoms with Crippen LogP contribution in [0.25, 0.3) is 0 Å². The van der Waals surface area contributed by atoms with Gasteiger partial charge in [0.2, 0.25) is 0 Å². The number of pyridine rings is 1. The van der Waals surface area contributed by atoms with E-state index in [2.05, 4.69) is 4.98 Å². The summed E-state index contributed by atoms with van der Waals surface area (Å²) in [4.78, 5) is 25.6. The van der Waals surface area contributed by atoms with Crippen LogP contribution < -0.4 is 0 Å². The minimum atomic E-state index is -1.09. The topological polar surface area (TPSA) is 93.3 Å². The van der Waals surface area contributed by atoms with Crippen molar-refractivity contribution < 1.29 is 14.8 Å². The summed E-state index contributed by atoms with van der Waals surface area (Å²) in [5, 5.41) is 20.3. The minimum Gasteiger partial charge on any atom is -0.478 e. The van der Waals surface area contributed by atoms with Crippen LogP contribution in [0.1, 0.15) is 10.4 Å². The quantitative estimate of drug-likeness (QED) is 0.686. The number of hydrogen-bond donors (Lipinski definition) is 1. The van der Waals surface area contributed by atoms with Crippen molar-refractivity contribution in [1.82, 2.24) is 4.98 Å². The molecule has 20 heavy (non-hydrogen) atoms.